The fourth-order valence-corrected chi connectivity index (χ4v) is 8.45. The smallest absolute Gasteiger partial charge is 0.418 e. The summed E-state index contributed by atoms with van der Waals surface area (Å²) in [5.41, 5.74) is 2.49. The summed E-state index contributed by atoms with van der Waals surface area (Å²) in [6, 6.07) is 32.7. The van der Waals surface area contributed by atoms with Crippen LogP contribution in [0.5, 0.6) is 0 Å². The zero-order valence-electron chi connectivity index (χ0n) is 29.9. The third-order valence-corrected chi connectivity index (χ3v) is 12.0. The van der Waals surface area contributed by atoms with Crippen molar-refractivity contribution in [2.24, 2.45) is 0 Å². The Labute approximate surface area is 332 Å². The summed E-state index contributed by atoms with van der Waals surface area (Å²) in [5, 5.41) is 12.7. The molecule has 15 heteroatoms. The van der Waals surface area contributed by atoms with Crippen molar-refractivity contribution in [1.29, 1.82) is 0 Å². The summed E-state index contributed by atoms with van der Waals surface area (Å²) in [4.78, 5) is 29.1. The second-order valence-electron chi connectivity index (χ2n) is 13.2. The predicted octanol–water partition coefficient (Wildman–Crippen LogP) is 8.51. The Balaban J connectivity index is 1.07. The summed E-state index contributed by atoms with van der Waals surface area (Å²) in [6.45, 7) is 3.78. The van der Waals surface area contributed by atoms with E-state index >= 15 is 0 Å². The number of aliphatic carboxylic acids is 1. The van der Waals surface area contributed by atoms with Crippen LogP contribution in [-0.2, 0) is 27.5 Å². The number of thioether (sulfide) groups is 1. The van der Waals surface area contributed by atoms with Crippen molar-refractivity contribution in [1.82, 2.24) is 9.62 Å². The number of nitrogens with one attached hydrogen (secondary N) is 2. The Hall–Kier alpha value is -5.02. The molecular weight excluding hydrogens is 785 g/mol. The van der Waals surface area contributed by atoms with Gasteiger partial charge in [-0.3, -0.25) is 14.5 Å². The first kappa shape index (κ1) is 40.6. The van der Waals surface area contributed by atoms with Crippen molar-refractivity contribution in [3.8, 4) is 11.1 Å². The molecule has 1 heterocycles. The van der Waals surface area contributed by atoms with Gasteiger partial charge in [0.05, 0.1) is 16.9 Å². The Kier molecular flexibility index (Phi) is 12.9. The van der Waals surface area contributed by atoms with Gasteiger partial charge < -0.3 is 15.3 Å². The molecule has 3 N–H and O–H groups in total. The highest BCUT2D eigenvalue weighted by Crippen LogP contribution is 2.37. The van der Waals surface area contributed by atoms with E-state index < -0.39 is 56.7 Å². The molecule has 56 heavy (non-hydrogen) atoms. The molecule has 0 radical (unpaired) electrons. The molecule has 0 spiro atoms. The molecule has 0 aromatic heterocycles. The number of carboxylic acid groups (broad SMARTS) is 1. The molecule has 9 nitrogen and oxygen atoms in total. The Morgan fingerprint density at radius 3 is 2.16 bits per heavy atom. The number of carbonyl (C=O) groups excluding carboxylic acids is 1. The number of benzene rings is 5. The van der Waals surface area contributed by atoms with Gasteiger partial charge in [-0.2, -0.15) is 13.2 Å². The van der Waals surface area contributed by atoms with Gasteiger partial charge in [0.15, 0.2) is 0 Å². The quantitative estimate of drug-likeness (QED) is 0.0948. The van der Waals surface area contributed by atoms with Crippen LogP contribution in [0.4, 0.5) is 24.5 Å². The topological polar surface area (TPSA) is 119 Å². The van der Waals surface area contributed by atoms with E-state index in [9.17, 15) is 36.3 Å². The lowest BCUT2D eigenvalue weighted by molar-refractivity contribution is -0.137. The van der Waals surface area contributed by atoms with E-state index in [1.807, 2.05) is 41.1 Å². The van der Waals surface area contributed by atoms with E-state index in [4.69, 9.17) is 11.6 Å². The highest BCUT2D eigenvalue weighted by atomic mass is 35.5. The number of carboxylic acids is 1. The molecule has 5 aromatic carbocycles. The molecule has 0 aliphatic carbocycles. The molecule has 0 bridgehead atoms. The van der Waals surface area contributed by atoms with E-state index in [1.54, 1.807) is 42.5 Å². The first-order chi connectivity index (χ1) is 26.7. The van der Waals surface area contributed by atoms with Gasteiger partial charge in [-0.25, -0.2) is 13.1 Å². The van der Waals surface area contributed by atoms with Crippen LogP contribution in [0.25, 0.3) is 11.1 Å². The Morgan fingerprint density at radius 2 is 1.50 bits per heavy atom. The average molecular weight is 823 g/mol. The zero-order valence-corrected chi connectivity index (χ0v) is 32.3. The van der Waals surface area contributed by atoms with Crippen LogP contribution in [0, 0.1) is 0 Å². The molecule has 1 saturated heterocycles. The van der Waals surface area contributed by atoms with E-state index in [-0.39, 0.29) is 11.3 Å². The highest BCUT2D eigenvalue weighted by Gasteiger charge is 2.36. The van der Waals surface area contributed by atoms with Crippen molar-refractivity contribution in [2.45, 2.75) is 35.0 Å². The lowest BCUT2D eigenvalue weighted by Crippen LogP contribution is -2.46. The number of sulfonamides is 1. The third kappa shape index (κ3) is 10.6. The Morgan fingerprint density at radius 1 is 0.839 bits per heavy atom. The molecular formula is C41H38ClF3N4O5S2. The normalized spacial score (nSPS) is 14.2. The minimum absolute atomic E-state index is 0.0107. The monoisotopic (exact) mass is 822 g/mol. The number of amides is 1. The fraction of sp³-hybridized carbons (Fsp3) is 0.220. The summed E-state index contributed by atoms with van der Waals surface area (Å²) in [7, 11) is -4.73. The standard InChI is InChI=1S/C41H38ClF3N4O5S2/c42-31-14-10-28(11-15-31)36-9-5-4-6-30(36)26-48-20-22-49(23-21-48)33-16-12-29(13-17-33)40(52)47-56(53,54)35-18-19-38(37(25-35)41(43,44)45)46-32(24-39(50)51)27-55-34-7-2-1-3-8-34/h1-19,25,32,46H,20-24,26-27H2,(H,47,52)(H,50,51)/t32-/m1/s1. The fourth-order valence-electron chi connectivity index (χ4n) is 6.38. The second-order valence-corrected chi connectivity index (χ2v) is 16.4. The SMILES string of the molecule is O=C(O)C[C@H](CSc1ccccc1)Nc1ccc(S(=O)(=O)NC(=O)c2ccc(N3CCN(Cc4ccccc4-c4ccc(Cl)cc4)CC3)cc2)cc1C(F)(F)F. The molecule has 1 fully saturated rings. The average Bonchev–Trinajstić information content (AvgIpc) is 3.17. The van der Waals surface area contributed by atoms with Crippen LogP contribution in [0.1, 0.15) is 27.9 Å². The number of halogens is 4. The molecule has 1 aliphatic rings. The van der Waals surface area contributed by atoms with Crippen LogP contribution in [0.2, 0.25) is 5.02 Å². The number of carbonyl (C=O) groups is 2. The molecule has 5 aromatic rings. The summed E-state index contributed by atoms with van der Waals surface area (Å²) in [5.74, 6) is -2.10. The first-order valence-corrected chi connectivity index (χ1v) is 20.5. The lowest BCUT2D eigenvalue weighted by Gasteiger charge is -2.36. The molecule has 0 unspecified atom stereocenters. The minimum atomic E-state index is -5.00. The lowest BCUT2D eigenvalue weighted by atomic mass is 9.99. The number of nitrogens with zero attached hydrogens (tertiary/aromatic N) is 2. The summed E-state index contributed by atoms with van der Waals surface area (Å²) in [6.07, 6.45) is -5.48. The number of piperazine rings is 1. The maximum absolute atomic E-state index is 14.3. The van der Waals surface area contributed by atoms with Gasteiger partial charge in [-0.15, -0.1) is 11.8 Å². The van der Waals surface area contributed by atoms with Gasteiger partial charge in [0.1, 0.15) is 0 Å². The predicted molar refractivity (Wildman–Crippen MR) is 214 cm³/mol. The zero-order chi connectivity index (χ0) is 39.9. The van der Waals surface area contributed by atoms with Gasteiger partial charge in [0, 0.05) is 71.4 Å². The number of rotatable bonds is 14. The van der Waals surface area contributed by atoms with Crippen LogP contribution in [0.3, 0.4) is 0 Å². The van der Waals surface area contributed by atoms with Gasteiger partial charge in [-0.05, 0) is 83.4 Å². The molecule has 1 aliphatic heterocycles. The minimum Gasteiger partial charge on any atom is -0.481 e. The molecule has 1 atom stereocenters. The van der Waals surface area contributed by atoms with Crippen LogP contribution >= 0.6 is 23.4 Å². The van der Waals surface area contributed by atoms with Crippen LogP contribution in [-0.4, -0.2) is 68.3 Å². The number of hydrogen-bond donors (Lipinski definition) is 3. The summed E-state index contributed by atoms with van der Waals surface area (Å²) < 4.78 is 71.1. The molecule has 6 rings (SSSR count). The van der Waals surface area contributed by atoms with E-state index in [2.05, 4.69) is 27.2 Å². The van der Waals surface area contributed by atoms with Crippen molar-refractivity contribution >= 4 is 56.6 Å². The van der Waals surface area contributed by atoms with Crippen LogP contribution < -0.4 is 14.9 Å². The largest absolute Gasteiger partial charge is 0.481 e. The van der Waals surface area contributed by atoms with Crippen molar-refractivity contribution in [2.75, 3.05) is 42.1 Å². The highest BCUT2D eigenvalue weighted by molar-refractivity contribution is 7.99. The maximum Gasteiger partial charge on any atom is 0.418 e. The van der Waals surface area contributed by atoms with Gasteiger partial charge in [0.2, 0.25) is 0 Å². The molecule has 292 valence electrons. The van der Waals surface area contributed by atoms with Crippen molar-refractivity contribution in [3.05, 3.63) is 143 Å². The second kappa shape index (κ2) is 17.8. The number of anilines is 2. The molecule has 1 amide bonds. The third-order valence-electron chi connectivity index (χ3n) is 9.24. The van der Waals surface area contributed by atoms with Gasteiger partial charge >= 0.3 is 12.1 Å². The van der Waals surface area contributed by atoms with Gasteiger partial charge in [0.25, 0.3) is 15.9 Å². The van der Waals surface area contributed by atoms with Crippen LogP contribution in [0.15, 0.2) is 131 Å². The number of hydrogen-bond acceptors (Lipinski definition) is 8. The van der Waals surface area contributed by atoms with E-state index in [0.29, 0.717) is 11.1 Å². The van der Waals surface area contributed by atoms with Gasteiger partial charge in [-0.1, -0.05) is 66.2 Å². The van der Waals surface area contributed by atoms with Crippen molar-refractivity contribution in [3.63, 3.8) is 0 Å². The Bertz CT molecular complexity index is 2250. The van der Waals surface area contributed by atoms with E-state index in [0.717, 1.165) is 66.6 Å². The number of alkyl halides is 3. The molecule has 0 saturated carbocycles. The summed E-state index contributed by atoms with van der Waals surface area (Å²) >= 11 is 7.36. The first-order valence-electron chi connectivity index (χ1n) is 17.6. The van der Waals surface area contributed by atoms with Crippen molar-refractivity contribution < 1.29 is 36.3 Å². The maximum atomic E-state index is 14.3. The van der Waals surface area contributed by atoms with E-state index in [1.165, 1.54) is 29.5 Å².